The Morgan fingerprint density at radius 3 is 3.27 bits per heavy atom. The van der Waals surface area contributed by atoms with Crippen LogP contribution in [0.3, 0.4) is 0 Å². The summed E-state index contributed by atoms with van der Waals surface area (Å²) in [5.74, 6) is 1.28. The number of hydrogen-bond donors (Lipinski definition) is 2. The molecule has 0 aliphatic heterocycles. The smallest absolute Gasteiger partial charge is 0.222 e. The average molecular weight is 206 g/mol. The number of rotatable bonds is 3. The van der Waals surface area contributed by atoms with E-state index in [9.17, 15) is 0 Å². The number of nitrogens with zero attached hydrogens (tertiary/aromatic N) is 2. The van der Waals surface area contributed by atoms with Crippen LogP contribution in [-0.4, -0.2) is 23.1 Å². The van der Waals surface area contributed by atoms with E-state index < -0.39 is 0 Å². The summed E-state index contributed by atoms with van der Waals surface area (Å²) in [7, 11) is 0. The molecule has 1 aromatic rings. The molecule has 1 aliphatic rings. The van der Waals surface area contributed by atoms with Gasteiger partial charge in [-0.2, -0.15) is 0 Å². The van der Waals surface area contributed by atoms with Crippen LogP contribution in [0.25, 0.3) is 0 Å². The first kappa shape index (κ1) is 10.4. The molecule has 0 fully saturated rings. The lowest BCUT2D eigenvalue weighted by molar-refractivity contribution is 0.570. The first-order valence-electron chi connectivity index (χ1n) is 5.61. The number of aromatic nitrogens is 2. The van der Waals surface area contributed by atoms with Gasteiger partial charge in [0.25, 0.3) is 0 Å². The molecule has 3 N–H and O–H groups in total. The fourth-order valence-electron chi connectivity index (χ4n) is 2.04. The highest BCUT2D eigenvalue weighted by molar-refractivity contribution is 5.32. The van der Waals surface area contributed by atoms with Gasteiger partial charge in [0, 0.05) is 19.3 Å². The zero-order chi connectivity index (χ0) is 10.7. The van der Waals surface area contributed by atoms with E-state index >= 15 is 0 Å². The Bertz CT molecular complexity index is 337. The van der Waals surface area contributed by atoms with Gasteiger partial charge in [0.15, 0.2) is 0 Å². The maximum atomic E-state index is 5.42. The van der Waals surface area contributed by atoms with Crippen LogP contribution in [-0.2, 0) is 6.42 Å². The third-order valence-electron chi connectivity index (χ3n) is 2.88. The molecule has 4 heteroatoms. The highest BCUT2D eigenvalue weighted by Crippen LogP contribution is 2.29. The van der Waals surface area contributed by atoms with Crippen LogP contribution in [0.15, 0.2) is 6.20 Å². The fraction of sp³-hybridized carbons (Fsp3) is 0.636. The third-order valence-corrected chi connectivity index (χ3v) is 2.88. The zero-order valence-electron chi connectivity index (χ0n) is 9.16. The predicted molar refractivity (Wildman–Crippen MR) is 60.9 cm³/mol. The lowest BCUT2D eigenvalue weighted by Crippen LogP contribution is -2.17. The monoisotopic (exact) mass is 206 g/mol. The second kappa shape index (κ2) is 4.57. The predicted octanol–water partition coefficient (Wildman–Crippen LogP) is 1.29. The molecule has 0 saturated heterocycles. The van der Waals surface area contributed by atoms with Crippen LogP contribution in [0.5, 0.6) is 0 Å². The summed E-state index contributed by atoms with van der Waals surface area (Å²) in [4.78, 5) is 8.84. The summed E-state index contributed by atoms with van der Waals surface area (Å²) >= 11 is 0. The van der Waals surface area contributed by atoms with Crippen molar-refractivity contribution >= 4 is 5.95 Å². The Hall–Kier alpha value is -1.16. The van der Waals surface area contributed by atoms with E-state index in [4.69, 9.17) is 5.73 Å². The van der Waals surface area contributed by atoms with E-state index in [1.807, 2.05) is 6.20 Å². The van der Waals surface area contributed by atoms with E-state index in [0.717, 1.165) is 13.0 Å². The number of anilines is 1. The molecule has 0 saturated carbocycles. The molecule has 82 valence electrons. The molecule has 4 nitrogen and oxygen atoms in total. The van der Waals surface area contributed by atoms with Gasteiger partial charge in [0.05, 0.1) is 5.69 Å². The number of hydrogen-bond acceptors (Lipinski definition) is 4. The molecule has 1 aromatic heterocycles. The second-order valence-electron chi connectivity index (χ2n) is 4.11. The van der Waals surface area contributed by atoms with E-state index in [1.54, 1.807) is 0 Å². The number of nitrogens with one attached hydrogen (secondary N) is 1. The second-order valence-corrected chi connectivity index (χ2v) is 4.11. The van der Waals surface area contributed by atoms with Gasteiger partial charge < -0.3 is 11.1 Å². The van der Waals surface area contributed by atoms with E-state index in [0.29, 0.717) is 18.4 Å². The van der Waals surface area contributed by atoms with Gasteiger partial charge >= 0.3 is 0 Å². The standard InChI is InChI=1S/C11H18N4/c1-8-3-2-4-9-7-14-11(13-6-5-12)15-10(8)9/h7-8H,2-6,12H2,1H3,(H,13,14,15). The number of nitrogens with two attached hydrogens (primary N) is 1. The van der Waals surface area contributed by atoms with Crippen molar-refractivity contribution in [3.8, 4) is 0 Å². The molecule has 0 radical (unpaired) electrons. The van der Waals surface area contributed by atoms with E-state index in [-0.39, 0.29) is 0 Å². The topological polar surface area (TPSA) is 63.8 Å². The lowest BCUT2D eigenvalue weighted by atomic mass is 9.89. The van der Waals surface area contributed by atoms with Crippen LogP contribution in [0.4, 0.5) is 5.95 Å². The minimum absolute atomic E-state index is 0.565. The number of aryl methyl sites for hydroxylation is 1. The molecule has 1 heterocycles. The largest absolute Gasteiger partial charge is 0.353 e. The quantitative estimate of drug-likeness (QED) is 0.782. The number of fused-ring (bicyclic) bond motifs is 1. The highest BCUT2D eigenvalue weighted by Gasteiger charge is 2.18. The molecule has 2 rings (SSSR count). The summed E-state index contributed by atoms with van der Waals surface area (Å²) in [6.07, 6.45) is 5.57. The van der Waals surface area contributed by atoms with Crippen LogP contribution >= 0.6 is 0 Å². The van der Waals surface area contributed by atoms with Crippen molar-refractivity contribution < 1.29 is 0 Å². The minimum atomic E-state index is 0.565. The molecule has 1 unspecified atom stereocenters. The third kappa shape index (κ3) is 2.26. The molecular formula is C11H18N4. The van der Waals surface area contributed by atoms with Crippen molar-refractivity contribution in [3.63, 3.8) is 0 Å². The van der Waals surface area contributed by atoms with Gasteiger partial charge in [-0.3, -0.25) is 0 Å². The van der Waals surface area contributed by atoms with Gasteiger partial charge in [-0.15, -0.1) is 0 Å². The Morgan fingerprint density at radius 2 is 2.47 bits per heavy atom. The van der Waals surface area contributed by atoms with Crippen molar-refractivity contribution in [3.05, 3.63) is 17.5 Å². The fourth-order valence-corrected chi connectivity index (χ4v) is 2.04. The van der Waals surface area contributed by atoms with Crippen molar-refractivity contribution in [2.45, 2.75) is 32.1 Å². The maximum absolute atomic E-state index is 5.42. The van der Waals surface area contributed by atoms with Gasteiger partial charge in [-0.1, -0.05) is 6.92 Å². The summed E-state index contributed by atoms with van der Waals surface area (Å²) in [6.45, 7) is 3.57. The molecule has 0 bridgehead atoms. The van der Waals surface area contributed by atoms with E-state index in [1.165, 1.54) is 24.1 Å². The molecule has 0 amide bonds. The zero-order valence-corrected chi connectivity index (χ0v) is 9.16. The van der Waals surface area contributed by atoms with Crippen LogP contribution in [0.1, 0.15) is 36.9 Å². The van der Waals surface area contributed by atoms with Gasteiger partial charge in [0.2, 0.25) is 5.95 Å². The normalized spacial score (nSPS) is 19.7. The van der Waals surface area contributed by atoms with Crippen molar-refractivity contribution in [2.75, 3.05) is 18.4 Å². The average Bonchev–Trinajstić information content (AvgIpc) is 2.27. The summed E-state index contributed by atoms with van der Waals surface area (Å²) in [5, 5.41) is 3.12. The van der Waals surface area contributed by atoms with Gasteiger partial charge in [0.1, 0.15) is 0 Å². The maximum Gasteiger partial charge on any atom is 0.222 e. The molecule has 15 heavy (non-hydrogen) atoms. The van der Waals surface area contributed by atoms with Crippen molar-refractivity contribution in [1.82, 2.24) is 9.97 Å². The first-order chi connectivity index (χ1) is 7.31. The lowest BCUT2D eigenvalue weighted by Gasteiger charge is -2.21. The van der Waals surface area contributed by atoms with E-state index in [2.05, 4.69) is 22.2 Å². The van der Waals surface area contributed by atoms with Gasteiger partial charge in [-0.25, -0.2) is 9.97 Å². The van der Waals surface area contributed by atoms with Crippen LogP contribution < -0.4 is 11.1 Å². The van der Waals surface area contributed by atoms with Crippen LogP contribution in [0, 0.1) is 0 Å². The Morgan fingerprint density at radius 1 is 1.60 bits per heavy atom. The first-order valence-corrected chi connectivity index (χ1v) is 5.61. The van der Waals surface area contributed by atoms with Gasteiger partial charge in [-0.05, 0) is 30.7 Å². The van der Waals surface area contributed by atoms with Crippen LogP contribution in [0.2, 0.25) is 0 Å². The molecule has 0 aromatic carbocycles. The minimum Gasteiger partial charge on any atom is -0.353 e. The van der Waals surface area contributed by atoms with Crippen molar-refractivity contribution in [1.29, 1.82) is 0 Å². The SMILES string of the molecule is CC1CCCc2cnc(NCCN)nc21. The Labute approximate surface area is 90.3 Å². The highest BCUT2D eigenvalue weighted by atomic mass is 15.1. The Balaban J connectivity index is 2.19. The Kier molecular flexibility index (Phi) is 3.16. The molecule has 1 aliphatic carbocycles. The summed E-state index contributed by atoms with van der Waals surface area (Å²) < 4.78 is 0. The van der Waals surface area contributed by atoms with Crippen molar-refractivity contribution in [2.24, 2.45) is 5.73 Å². The summed E-state index contributed by atoms with van der Waals surface area (Å²) in [6, 6.07) is 0. The molecule has 1 atom stereocenters. The molecular weight excluding hydrogens is 188 g/mol. The summed E-state index contributed by atoms with van der Waals surface area (Å²) in [5.41, 5.74) is 7.95. The molecule has 0 spiro atoms.